The molecule has 0 radical (unpaired) electrons. The number of nitrogens with zero attached hydrogens (tertiary/aromatic N) is 1. The maximum atomic E-state index is 12.1. The molecule has 1 atom stereocenters. The molecular weight excluding hydrogens is 312 g/mol. The lowest BCUT2D eigenvalue weighted by molar-refractivity contribution is -0.126. The topological polar surface area (TPSA) is 41.6 Å². The van der Waals surface area contributed by atoms with Gasteiger partial charge in [-0.1, -0.05) is 60.7 Å². The summed E-state index contributed by atoms with van der Waals surface area (Å²) in [5.41, 5.74) is 2.34. The maximum absolute atomic E-state index is 12.1. The van der Waals surface area contributed by atoms with Gasteiger partial charge in [-0.3, -0.25) is 9.69 Å². The minimum Gasteiger partial charge on any atom is -0.367 e. The fourth-order valence-corrected chi connectivity index (χ4v) is 3.28. The molecule has 0 saturated carbocycles. The molecule has 4 heteroatoms. The van der Waals surface area contributed by atoms with E-state index < -0.39 is 0 Å². The van der Waals surface area contributed by atoms with Gasteiger partial charge in [0.05, 0.1) is 12.6 Å². The molecule has 1 amide bonds. The number of amides is 1. The van der Waals surface area contributed by atoms with Crippen LogP contribution in [0.3, 0.4) is 0 Å². The lowest BCUT2D eigenvalue weighted by Crippen LogP contribution is -2.38. The van der Waals surface area contributed by atoms with Crippen molar-refractivity contribution in [3.8, 4) is 0 Å². The Kier molecular flexibility index (Phi) is 6.60. The Morgan fingerprint density at radius 1 is 1.00 bits per heavy atom. The van der Waals surface area contributed by atoms with Crippen LogP contribution in [0.4, 0.5) is 0 Å². The van der Waals surface area contributed by atoms with E-state index in [1.54, 1.807) is 0 Å². The predicted octanol–water partition coefficient (Wildman–Crippen LogP) is 3.16. The summed E-state index contributed by atoms with van der Waals surface area (Å²) < 4.78 is 5.52. The Bertz CT molecular complexity index is 639. The van der Waals surface area contributed by atoms with Gasteiger partial charge in [0, 0.05) is 6.54 Å². The Balaban J connectivity index is 1.48. The first-order valence-corrected chi connectivity index (χ1v) is 9.00. The molecule has 1 N–H and O–H groups in total. The van der Waals surface area contributed by atoms with E-state index in [9.17, 15) is 4.79 Å². The van der Waals surface area contributed by atoms with Crippen molar-refractivity contribution >= 4 is 5.91 Å². The summed E-state index contributed by atoms with van der Waals surface area (Å²) >= 11 is 0. The van der Waals surface area contributed by atoms with Crippen LogP contribution in [0.2, 0.25) is 0 Å². The molecule has 25 heavy (non-hydrogen) atoms. The molecule has 1 fully saturated rings. The molecule has 1 aliphatic rings. The Morgan fingerprint density at radius 2 is 1.64 bits per heavy atom. The third-order valence-electron chi connectivity index (χ3n) is 4.60. The number of carbonyl (C=O) groups excluding carboxylic acids is 1. The van der Waals surface area contributed by atoms with Crippen LogP contribution in [0.5, 0.6) is 0 Å². The highest BCUT2D eigenvalue weighted by Gasteiger charge is 2.23. The second kappa shape index (κ2) is 9.35. The average molecular weight is 338 g/mol. The van der Waals surface area contributed by atoms with Gasteiger partial charge in [0.1, 0.15) is 6.61 Å². The monoisotopic (exact) mass is 338 g/mol. The number of benzene rings is 2. The van der Waals surface area contributed by atoms with Crippen molar-refractivity contribution in [2.24, 2.45) is 0 Å². The summed E-state index contributed by atoms with van der Waals surface area (Å²) in [6, 6.07) is 20.6. The summed E-state index contributed by atoms with van der Waals surface area (Å²) in [7, 11) is 0. The number of likely N-dealkylation sites (tertiary alicyclic amines) is 1. The van der Waals surface area contributed by atoms with Gasteiger partial charge in [-0.15, -0.1) is 0 Å². The van der Waals surface area contributed by atoms with Crippen molar-refractivity contribution < 1.29 is 9.53 Å². The van der Waals surface area contributed by atoms with Crippen molar-refractivity contribution in [1.29, 1.82) is 0 Å². The quantitative estimate of drug-likeness (QED) is 0.804. The highest BCUT2D eigenvalue weighted by Crippen LogP contribution is 2.24. The first kappa shape index (κ1) is 17.6. The molecule has 1 heterocycles. The molecule has 0 spiro atoms. The molecule has 2 aromatic carbocycles. The molecule has 1 aliphatic heterocycles. The van der Waals surface area contributed by atoms with Gasteiger partial charge < -0.3 is 10.1 Å². The zero-order valence-corrected chi connectivity index (χ0v) is 14.6. The number of hydrogen-bond acceptors (Lipinski definition) is 3. The average Bonchev–Trinajstić information content (AvgIpc) is 3.18. The molecular formula is C21H26N2O2. The maximum Gasteiger partial charge on any atom is 0.246 e. The highest BCUT2D eigenvalue weighted by molar-refractivity contribution is 5.77. The molecule has 1 unspecified atom stereocenters. The van der Waals surface area contributed by atoms with E-state index in [0.717, 1.165) is 18.7 Å². The van der Waals surface area contributed by atoms with Crippen molar-refractivity contribution in [3.63, 3.8) is 0 Å². The Labute approximate surface area is 149 Å². The zero-order valence-electron chi connectivity index (χ0n) is 14.6. The van der Waals surface area contributed by atoms with Crippen LogP contribution in [-0.4, -0.2) is 37.0 Å². The van der Waals surface area contributed by atoms with Gasteiger partial charge in [0.25, 0.3) is 0 Å². The van der Waals surface area contributed by atoms with E-state index in [0.29, 0.717) is 13.2 Å². The van der Waals surface area contributed by atoms with Crippen molar-refractivity contribution in [3.05, 3.63) is 71.8 Å². The molecule has 4 nitrogen and oxygen atoms in total. The van der Waals surface area contributed by atoms with E-state index in [4.69, 9.17) is 4.74 Å². The van der Waals surface area contributed by atoms with Gasteiger partial charge in [0.15, 0.2) is 0 Å². The first-order valence-electron chi connectivity index (χ1n) is 9.00. The van der Waals surface area contributed by atoms with Crippen LogP contribution in [0.15, 0.2) is 60.7 Å². The first-order chi connectivity index (χ1) is 12.3. The van der Waals surface area contributed by atoms with E-state index in [1.165, 1.54) is 18.4 Å². The molecule has 0 aromatic heterocycles. The predicted molar refractivity (Wildman–Crippen MR) is 99.1 cm³/mol. The molecule has 1 saturated heterocycles. The Hall–Kier alpha value is -2.17. The largest absolute Gasteiger partial charge is 0.367 e. The number of ether oxygens (including phenoxy) is 1. The van der Waals surface area contributed by atoms with E-state index >= 15 is 0 Å². The SMILES string of the molecule is O=C(COCc1ccccc1)NCC(c1ccccc1)N1CCCC1. The van der Waals surface area contributed by atoms with Gasteiger partial charge >= 0.3 is 0 Å². The van der Waals surface area contributed by atoms with E-state index in [-0.39, 0.29) is 18.6 Å². The fraction of sp³-hybridized carbons (Fsp3) is 0.381. The van der Waals surface area contributed by atoms with Crippen LogP contribution in [0.1, 0.15) is 30.0 Å². The number of rotatable bonds is 8. The summed E-state index contributed by atoms with van der Waals surface area (Å²) in [5.74, 6) is -0.0592. The van der Waals surface area contributed by atoms with Crippen LogP contribution in [-0.2, 0) is 16.1 Å². The second-order valence-electron chi connectivity index (χ2n) is 6.45. The second-order valence-corrected chi connectivity index (χ2v) is 6.45. The van der Waals surface area contributed by atoms with E-state index in [2.05, 4.69) is 34.5 Å². The van der Waals surface area contributed by atoms with Crippen LogP contribution in [0.25, 0.3) is 0 Å². The minimum absolute atomic E-state index is 0.0592. The fourth-order valence-electron chi connectivity index (χ4n) is 3.28. The molecule has 2 aromatic rings. The molecule has 132 valence electrons. The van der Waals surface area contributed by atoms with Crippen molar-refractivity contribution in [2.75, 3.05) is 26.2 Å². The Morgan fingerprint density at radius 3 is 2.32 bits per heavy atom. The summed E-state index contributed by atoms with van der Waals surface area (Å²) in [6.45, 7) is 3.37. The highest BCUT2D eigenvalue weighted by atomic mass is 16.5. The third kappa shape index (κ3) is 5.41. The van der Waals surface area contributed by atoms with Crippen LogP contribution in [0, 0.1) is 0 Å². The van der Waals surface area contributed by atoms with Gasteiger partial charge in [-0.2, -0.15) is 0 Å². The van der Waals surface area contributed by atoms with Gasteiger partial charge in [-0.25, -0.2) is 0 Å². The molecule has 0 aliphatic carbocycles. The summed E-state index contributed by atoms with van der Waals surface area (Å²) in [4.78, 5) is 14.6. The number of nitrogens with one attached hydrogen (secondary N) is 1. The van der Waals surface area contributed by atoms with Crippen LogP contribution >= 0.6 is 0 Å². The normalized spacial score (nSPS) is 15.8. The molecule has 0 bridgehead atoms. The third-order valence-corrected chi connectivity index (χ3v) is 4.60. The lowest BCUT2D eigenvalue weighted by Gasteiger charge is -2.28. The minimum atomic E-state index is -0.0592. The standard InChI is InChI=1S/C21H26N2O2/c24-21(17-25-16-18-9-3-1-4-10-18)22-15-20(23-13-7-8-14-23)19-11-5-2-6-12-19/h1-6,9-12,20H,7-8,13-17H2,(H,22,24). The lowest BCUT2D eigenvalue weighted by atomic mass is 10.1. The van der Waals surface area contributed by atoms with Crippen molar-refractivity contribution in [1.82, 2.24) is 10.2 Å². The smallest absolute Gasteiger partial charge is 0.246 e. The zero-order chi connectivity index (χ0) is 17.3. The molecule has 3 rings (SSSR count). The van der Waals surface area contributed by atoms with E-state index in [1.807, 2.05) is 36.4 Å². The number of hydrogen-bond donors (Lipinski definition) is 1. The number of carbonyl (C=O) groups is 1. The van der Waals surface area contributed by atoms with Crippen molar-refractivity contribution in [2.45, 2.75) is 25.5 Å². The summed E-state index contributed by atoms with van der Waals surface area (Å²) in [6.07, 6.45) is 2.47. The van der Waals surface area contributed by atoms with Gasteiger partial charge in [-0.05, 0) is 37.1 Å². The van der Waals surface area contributed by atoms with Crippen LogP contribution < -0.4 is 5.32 Å². The van der Waals surface area contributed by atoms with Gasteiger partial charge in [0.2, 0.25) is 5.91 Å². The summed E-state index contributed by atoms with van der Waals surface area (Å²) in [5, 5.41) is 3.04.